The van der Waals surface area contributed by atoms with Crippen LogP contribution < -0.4 is 0 Å². The fraction of sp³-hybridized carbons (Fsp3) is 0.300. The molecule has 0 radical (unpaired) electrons. The zero-order valence-corrected chi connectivity index (χ0v) is 8.74. The van der Waals surface area contributed by atoms with Crippen LogP contribution in [0.1, 0.15) is 16.7 Å². The summed E-state index contributed by atoms with van der Waals surface area (Å²) in [5.41, 5.74) is 0.924. The van der Waals surface area contributed by atoms with Gasteiger partial charge in [-0.2, -0.15) is 5.10 Å². The van der Waals surface area contributed by atoms with E-state index in [9.17, 15) is 5.11 Å². The van der Waals surface area contributed by atoms with Crippen LogP contribution in [0, 0.1) is 0 Å². The molecule has 2 aromatic rings. The van der Waals surface area contributed by atoms with Gasteiger partial charge in [-0.15, -0.1) is 11.3 Å². The van der Waals surface area contributed by atoms with Crippen molar-refractivity contribution in [3.05, 3.63) is 40.3 Å². The first-order chi connectivity index (χ1) is 6.75. The first-order valence-corrected chi connectivity index (χ1v) is 5.33. The Hall–Kier alpha value is -1.13. The quantitative estimate of drug-likeness (QED) is 0.834. The molecule has 0 bridgehead atoms. The van der Waals surface area contributed by atoms with Crippen LogP contribution in [0.15, 0.2) is 29.8 Å². The predicted octanol–water partition coefficient (Wildman–Crippen LogP) is 1.76. The SMILES string of the molecule is Cn1ccc(CC(O)c2cccs2)n1. The molecule has 1 N–H and O–H groups in total. The summed E-state index contributed by atoms with van der Waals surface area (Å²) in [6, 6.07) is 5.82. The topological polar surface area (TPSA) is 38.0 Å². The minimum Gasteiger partial charge on any atom is -0.387 e. The van der Waals surface area contributed by atoms with E-state index in [4.69, 9.17) is 0 Å². The van der Waals surface area contributed by atoms with E-state index in [1.54, 1.807) is 16.0 Å². The van der Waals surface area contributed by atoms with E-state index < -0.39 is 6.10 Å². The fourth-order valence-corrected chi connectivity index (χ4v) is 2.06. The highest BCUT2D eigenvalue weighted by molar-refractivity contribution is 7.10. The van der Waals surface area contributed by atoms with Gasteiger partial charge in [0.15, 0.2) is 0 Å². The van der Waals surface area contributed by atoms with Gasteiger partial charge in [-0.05, 0) is 17.5 Å². The summed E-state index contributed by atoms with van der Waals surface area (Å²) in [6.07, 6.45) is 2.04. The first kappa shape index (κ1) is 9.43. The van der Waals surface area contributed by atoms with Crippen molar-refractivity contribution in [1.29, 1.82) is 0 Å². The van der Waals surface area contributed by atoms with Gasteiger partial charge in [0.05, 0.1) is 11.8 Å². The van der Waals surface area contributed by atoms with E-state index >= 15 is 0 Å². The molecule has 0 amide bonds. The van der Waals surface area contributed by atoms with Crippen LogP contribution in [0.3, 0.4) is 0 Å². The molecule has 2 heterocycles. The van der Waals surface area contributed by atoms with E-state index in [2.05, 4.69) is 5.10 Å². The average molecular weight is 208 g/mol. The molecule has 1 unspecified atom stereocenters. The fourth-order valence-electron chi connectivity index (χ4n) is 1.35. The number of hydrogen-bond donors (Lipinski definition) is 1. The molecule has 0 fully saturated rings. The Morgan fingerprint density at radius 3 is 3.00 bits per heavy atom. The number of nitrogens with zero attached hydrogens (tertiary/aromatic N) is 2. The highest BCUT2D eigenvalue weighted by Crippen LogP contribution is 2.21. The van der Waals surface area contributed by atoms with Crippen molar-refractivity contribution < 1.29 is 5.11 Å². The third-order valence-electron chi connectivity index (χ3n) is 2.04. The van der Waals surface area contributed by atoms with Crippen LogP contribution in [0.5, 0.6) is 0 Å². The lowest BCUT2D eigenvalue weighted by Gasteiger charge is -2.05. The van der Waals surface area contributed by atoms with E-state index in [0.29, 0.717) is 6.42 Å². The molecule has 4 heteroatoms. The first-order valence-electron chi connectivity index (χ1n) is 4.45. The van der Waals surface area contributed by atoms with Crippen LogP contribution >= 0.6 is 11.3 Å². The van der Waals surface area contributed by atoms with Gasteiger partial charge in [-0.1, -0.05) is 6.07 Å². The zero-order chi connectivity index (χ0) is 9.97. The smallest absolute Gasteiger partial charge is 0.0937 e. The minimum atomic E-state index is -0.426. The predicted molar refractivity (Wildman–Crippen MR) is 56.2 cm³/mol. The summed E-state index contributed by atoms with van der Waals surface area (Å²) < 4.78 is 1.75. The molecule has 2 rings (SSSR count). The third kappa shape index (κ3) is 2.02. The van der Waals surface area contributed by atoms with Crippen molar-refractivity contribution in [2.24, 2.45) is 7.05 Å². The molecule has 0 aliphatic carbocycles. The standard InChI is InChI=1S/C10H12N2OS/c1-12-5-4-8(11-12)7-9(13)10-3-2-6-14-10/h2-6,9,13H,7H2,1H3. The van der Waals surface area contributed by atoms with Gasteiger partial charge < -0.3 is 5.11 Å². The maximum atomic E-state index is 9.83. The van der Waals surface area contributed by atoms with Gasteiger partial charge >= 0.3 is 0 Å². The lowest BCUT2D eigenvalue weighted by molar-refractivity contribution is 0.181. The van der Waals surface area contributed by atoms with Gasteiger partial charge in [0, 0.05) is 24.5 Å². The van der Waals surface area contributed by atoms with Gasteiger partial charge in [0.25, 0.3) is 0 Å². The lowest BCUT2D eigenvalue weighted by atomic mass is 10.2. The molecular weight excluding hydrogens is 196 g/mol. The van der Waals surface area contributed by atoms with Crippen LogP contribution in [0.2, 0.25) is 0 Å². The van der Waals surface area contributed by atoms with Gasteiger partial charge in [0.1, 0.15) is 0 Å². The Labute approximate surface area is 86.6 Å². The number of hydrogen-bond acceptors (Lipinski definition) is 3. The maximum absolute atomic E-state index is 9.83. The Morgan fingerprint density at radius 2 is 2.43 bits per heavy atom. The zero-order valence-electron chi connectivity index (χ0n) is 7.92. The molecular formula is C10H12N2OS. The van der Waals surface area contributed by atoms with E-state index in [-0.39, 0.29) is 0 Å². The Bertz CT molecular complexity index is 394. The second-order valence-electron chi connectivity index (χ2n) is 3.22. The van der Waals surface area contributed by atoms with Crippen LogP contribution in [-0.4, -0.2) is 14.9 Å². The van der Waals surface area contributed by atoms with Crippen LogP contribution in [0.25, 0.3) is 0 Å². The molecule has 0 aliphatic rings. The summed E-state index contributed by atoms with van der Waals surface area (Å²) in [7, 11) is 1.88. The van der Waals surface area contributed by atoms with E-state index in [1.807, 2.05) is 36.8 Å². The molecule has 2 aromatic heterocycles. The summed E-state index contributed by atoms with van der Waals surface area (Å²) >= 11 is 1.57. The number of aryl methyl sites for hydroxylation is 1. The third-order valence-corrected chi connectivity index (χ3v) is 3.02. The molecule has 3 nitrogen and oxygen atoms in total. The van der Waals surface area contributed by atoms with E-state index in [1.165, 1.54) is 0 Å². The minimum absolute atomic E-state index is 0.426. The van der Waals surface area contributed by atoms with Crippen molar-refractivity contribution in [1.82, 2.24) is 9.78 Å². The van der Waals surface area contributed by atoms with Crippen molar-refractivity contribution in [2.75, 3.05) is 0 Å². The van der Waals surface area contributed by atoms with Crippen molar-refractivity contribution in [3.63, 3.8) is 0 Å². The summed E-state index contributed by atoms with van der Waals surface area (Å²) in [5.74, 6) is 0. The molecule has 74 valence electrons. The number of aromatic nitrogens is 2. The Kier molecular flexibility index (Phi) is 2.65. The van der Waals surface area contributed by atoms with E-state index in [0.717, 1.165) is 10.6 Å². The molecule has 0 saturated heterocycles. The molecule has 14 heavy (non-hydrogen) atoms. The van der Waals surface area contributed by atoms with Crippen molar-refractivity contribution in [2.45, 2.75) is 12.5 Å². The monoisotopic (exact) mass is 208 g/mol. The largest absolute Gasteiger partial charge is 0.387 e. The number of rotatable bonds is 3. The highest BCUT2D eigenvalue weighted by Gasteiger charge is 2.10. The van der Waals surface area contributed by atoms with Gasteiger partial charge in [-0.25, -0.2) is 0 Å². The second-order valence-corrected chi connectivity index (χ2v) is 4.20. The average Bonchev–Trinajstić information content (AvgIpc) is 2.75. The summed E-state index contributed by atoms with van der Waals surface area (Å²) in [4.78, 5) is 0.996. The highest BCUT2D eigenvalue weighted by atomic mass is 32.1. The number of aliphatic hydroxyl groups is 1. The summed E-state index contributed by atoms with van der Waals surface area (Å²) in [5, 5.41) is 16.0. The molecule has 0 aromatic carbocycles. The Morgan fingerprint density at radius 1 is 1.57 bits per heavy atom. The molecule has 1 atom stereocenters. The maximum Gasteiger partial charge on any atom is 0.0937 e. The molecule has 0 aliphatic heterocycles. The number of thiophene rings is 1. The van der Waals surface area contributed by atoms with Crippen molar-refractivity contribution in [3.8, 4) is 0 Å². The number of aliphatic hydroxyl groups excluding tert-OH is 1. The Balaban J connectivity index is 2.05. The van der Waals surface area contributed by atoms with Crippen LogP contribution in [-0.2, 0) is 13.5 Å². The molecule has 0 saturated carbocycles. The van der Waals surface area contributed by atoms with Gasteiger partial charge in [0.2, 0.25) is 0 Å². The second kappa shape index (κ2) is 3.94. The van der Waals surface area contributed by atoms with Gasteiger partial charge in [-0.3, -0.25) is 4.68 Å². The molecule has 0 spiro atoms. The normalized spacial score (nSPS) is 13.0. The summed E-state index contributed by atoms with van der Waals surface area (Å²) in [6.45, 7) is 0. The van der Waals surface area contributed by atoms with Crippen LogP contribution in [0.4, 0.5) is 0 Å². The lowest BCUT2D eigenvalue weighted by Crippen LogP contribution is -2.00. The van der Waals surface area contributed by atoms with Crippen molar-refractivity contribution >= 4 is 11.3 Å².